The molecule has 0 amide bonds. The molecule has 0 aromatic heterocycles. The molecule has 0 aliphatic rings. The third kappa shape index (κ3) is 3.07. The molecule has 5 heteroatoms. The average molecular weight is 340 g/mol. The van der Waals surface area contributed by atoms with Crippen molar-refractivity contribution in [3.8, 4) is 0 Å². The van der Waals surface area contributed by atoms with Gasteiger partial charge < -0.3 is 2.85 Å². The third-order valence-corrected chi connectivity index (χ3v) is 4.51. The molecule has 3 aromatic rings. The molecular formula is C17H16CaO3S. The van der Waals surface area contributed by atoms with Crippen LogP contribution in [0.4, 0.5) is 0 Å². The van der Waals surface area contributed by atoms with E-state index in [9.17, 15) is 13.0 Å². The summed E-state index contributed by atoms with van der Waals surface area (Å²) in [6, 6.07) is 14.9. The van der Waals surface area contributed by atoms with E-state index >= 15 is 0 Å². The van der Waals surface area contributed by atoms with E-state index in [1.807, 2.05) is 36.4 Å². The molecule has 110 valence electrons. The topological polar surface area (TPSA) is 54.4 Å². The van der Waals surface area contributed by atoms with Crippen LogP contribution in [-0.4, -0.2) is 50.7 Å². The summed E-state index contributed by atoms with van der Waals surface area (Å²) in [7, 11) is -4.33. The van der Waals surface area contributed by atoms with Crippen LogP contribution in [0.15, 0.2) is 60.0 Å². The van der Waals surface area contributed by atoms with E-state index in [1.165, 1.54) is 0 Å². The second kappa shape index (κ2) is 6.30. The van der Waals surface area contributed by atoms with Crippen molar-refractivity contribution in [1.29, 1.82) is 0 Å². The zero-order valence-corrected chi connectivity index (χ0v) is 15.2. The van der Waals surface area contributed by atoms with Gasteiger partial charge in [-0.25, -0.2) is 0 Å². The van der Waals surface area contributed by atoms with Gasteiger partial charge in [0.25, 0.3) is 10.1 Å². The molecule has 0 saturated carbocycles. The second-order valence-corrected chi connectivity index (χ2v) is 6.48. The van der Waals surface area contributed by atoms with Crippen molar-refractivity contribution < 1.29 is 15.8 Å². The molecule has 0 heterocycles. The molecule has 3 nitrogen and oxygen atoms in total. The van der Waals surface area contributed by atoms with Crippen LogP contribution in [-0.2, 0) is 10.1 Å². The van der Waals surface area contributed by atoms with Crippen molar-refractivity contribution in [1.82, 2.24) is 0 Å². The Bertz CT molecular complexity index is 1000. The minimum Gasteiger partial charge on any atom is -1.00 e. The zero-order valence-electron chi connectivity index (χ0n) is 14.2. The van der Waals surface area contributed by atoms with Crippen LogP contribution in [0.5, 0.6) is 0 Å². The molecule has 0 bridgehead atoms. The third-order valence-electron chi connectivity index (χ3n) is 3.55. The van der Waals surface area contributed by atoms with E-state index < -0.39 is 10.1 Å². The summed E-state index contributed by atoms with van der Waals surface area (Å²) in [6.07, 6.45) is 0. The second-order valence-electron chi connectivity index (χ2n) is 5.12. The molecule has 0 aliphatic heterocycles. The summed E-state index contributed by atoms with van der Waals surface area (Å²) in [5.41, 5.74) is 1.04. The predicted octanol–water partition coefficient (Wildman–Crippen LogP) is 4.12. The molecule has 0 atom stereocenters. The summed E-state index contributed by atoms with van der Waals surface area (Å²) in [4.78, 5) is -0.0711. The van der Waals surface area contributed by atoms with Gasteiger partial charge >= 0.3 is 37.7 Å². The summed E-state index contributed by atoms with van der Waals surface area (Å²) >= 11 is 0. The Balaban J connectivity index is 0.00000176. The fraction of sp³-hybridized carbons (Fsp3) is 0.0588. The number of fused-ring (bicyclic) bond motifs is 2. The fourth-order valence-electron chi connectivity index (χ4n) is 2.60. The van der Waals surface area contributed by atoms with Gasteiger partial charge in [-0.05, 0) is 46.4 Å². The van der Waals surface area contributed by atoms with Gasteiger partial charge in [0, 0.05) is 5.39 Å². The van der Waals surface area contributed by atoms with Crippen LogP contribution in [0.1, 0.15) is 15.3 Å². The van der Waals surface area contributed by atoms with Gasteiger partial charge in [-0.2, -0.15) is 8.42 Å². The van der Waals surface area contributed by atoms with Gasteiger partial charge in [0.15, 0.2) is 0 Å². The van der Waals surface area contributed by atoms with Crippen LogP contribution in [0.2, 0.25) is 0 Å². The van der Waals surface area contributed by atoms with Crippen molar-refractivity contribution in [3.05, 3.63) is 60.7 Å². The molecule has 0 saturated heterocycles. The Morgan fingerprint density at radius 1 is 1.05 bits per heavy atom. The Morgan fingerprint density at radius 3 is 2.18 bits per heavy atom. The van der Waals surface area contributed by atoms with Crippen molar-refractivity contribution in [2.75, 3.05) is 0 Å². The Hall–Kier alpha value is -0.910. The van der Waals surface area contributed by atoms with Gasteiger partial charge in [-0.1, -0.05) is 43.0 Å². The minimum absolute atomic E-state index is 0. The first-order valence-corrected chi connectivity index (χ1v) is 7.91. The minimum atomic E-state index is -4.33. The van der Waals surface area contributed by atoms with Gasteiger partial charge in [-0.3, -0.25) is 4.55 Å². The first-order chi connectivity index (χ1) is 9.88. The van der Waals surface area contributed by atoms with Crippen LogP contribution in [0.3, 0.4) is 0 Å². The SMILES string of the molecule is C=C(C)c1ccc2cc3ccccc3cc2c1S(=O)(=O)O.[Ca+2].[H-].[H-]. The van der Waals surface area contributed by atoms with Gasteiger partial charge in [0.05, 0.1) is 0 Å². The standard InChI is InChI=1S/C17H14O3S.Ca.2H/c1-11(2)15-8-7-14-9-12-5-3-4-6-13(12)10-16(14)17(15)21(18,19)20;;;/h3-10H,1H2,2H3,(H,18,19,20);;;/q;+2;2*-1. The summed E-state index contributed by atoms with van der Waals surface area (Å²) < 4.78 is 33.3. The van der Waals surface area contributed by atoms with Crippen molar-refractivity contribution in [2.24, 2.45) is 0 Å². The van der Waals surface area contributed by atoms with E-state index in [2.05, 4.69) is 6.58 Å². The maximum atomic E-state index is 11.8. The Kier molecular flexibility index (Phi) is 5.00. The zero-order chi connectivity index (χ0) is 15.2. The maximum Gasteiger partial charge on any atom is 2.00 e. The molecule has 0 radical (unpaired) electrons. The number of benzene rings is 3. The summed E-state index contributed by atoms with van der Waals surface area (Å²) in [6.45, 7) is 5.51. The molecular weight excluding hydrogens is 324 g/mol. The molecule has 3 aromatic carbocycles. The summed E-state index contributed by atoms with van der Waals surface area (Å²) in [5.74, 6) is 0. The van der Waals surface area contributed by atoms with E-state index in [1.54, 1.807) is 19.1 Å². The number of hydrogen-bond donors (Lipinski definition) is 1. The quantitative estimate of drug-likeness (QED) is 0.434. The average Bonchev–Trinajstić information content (AvgIpc) is 2.42. The molecule has 3 rings (SSSR count). The Labute approximate surface area is 162 Å². The fourth-order valence-corrected chi connectivity index (χ4v) is 3.58. The van der Waals surface area contributed by atoms with Crippen molar-refractivity contribution >= 4 is 75.0 Å². The van der Waals surface area contributed by atoms with Gasteiger partial charge in [0.2, 0.25) is 0 Å². The maximum absolute atomic E-state index is 11.8. The molecule has 22 heavy (non-hydrogen) atoms. The molecule has 0 aliphatic carbocycles. The normalized spacial score (nSPS) is 11.4. The first kappa shape index (κ1) is 17.4. The van der Waals surface area contributed by atoms with Crippen LogP contribution in [0.25, 0.3) is 27.1 Å². The smallest absolute Gasteiger partial charge is 1.00 e. The van der Waals surface area contributed by atoms with E-state index in [0.717, 1.165) is 16.2 Å². The summed E-state index contributed by atoms with van der Waals surface area (Å²) in [5, 5.41) is 3.23. The predicted molar refractivity (Wildman–Crippen MR) is 94.0 cm³/mol. The van der Waals surface area contributed by atoms with Gasteiger partial charge in [0.1, 0.15) is 4.90 Å². The molecule has 0 spiro atoms. The van der Waals surface area contributed by atoms with Crippen LogP contribution < -0.4 is 0 Å². The molecule has 0 unspecified atom stereocenters. The first-order valence-electron chi connectivity index (χ1n) is 6.47. The monoisotopic (exact) mass is 340 g/mol. The largest absolute Gasteiger partial charge is 2.00 e. The van der Waals surface area contributed by atoms with Crippen molar-refractivity contribution in [2.45, 2.75) is 11.8 Å². The van der Waals surface area contributed by atoms with E-state index in [4.69, 9.17) is 0 Å². The van der Waals surface area contributed by atoms with E-state index in [0.29, 0.717) is 16.5 Å². The van der Waals surface area contributed by atoms with E-state index in [-0.39, 0.29) is 45.5 Å². The van der Waals surface area contributed by atoms with Crippen molar-refractivity contribution in [3.63, 3.8) is 0 Å². The Morgan fingerprint density at radius 2 is 1.64 bits per heavy atom. The van der Waals surface area contributed by atoms with Crippen LogP contribution >= 0.6 is 0 Å². The van der Waals surface area contributed by atoms with Gasteiger partial charge in [-0.15, -0.1) is 0 Å². The van der Waals surface area contributed by atoms with Crippen LogP contribution in [0, 0.1) is 0 Å². The molecule has 0 fully saturated rings. The number of rotatable bonds is 2. The number of hydrogen-bond acceptors (Lipinski definition) is 2. The number of allylic oxidation sites excluding steroid dienone is 1. The molecule has 1 N–H and O–H groups in total.